The molecule has 7 nitrogen and oxygen atoms in total. The number of unbranched alkanes of at least 4 members (excludes halogenated alkanes) is 2. The topological polar surface area (TPSA) is 91.0 Å². The van der Waals surface area contributed by atoms with Gasteiger partial charge in [-0.3, -0.25) is 14.6 Å². The van der Waals surface area contributed by atoms with Crippen LogP contribution >= 0.6 is 24.0 Å². The first kappa shape index (κ1) is 23.9. The first-order valence-electron chi connectivity index (χ1n) is 8.95. The molecule has 146 valence electrons. The molecule has 0 unspecified atom stereocenters. The number of halogens is 1. The van der Waals surface area contributed by atoms with Gasteiger partial charge in [0, 0.05) is 52.6 Å². The van der Waals surface area contributed by atoms with Gasteiger partial charge in [0.05, 0.1) is 0 Å². The summed E-state index contributed by atoms with van der Waals surface area (Å²) in [6.07, 6.45) is 4.02. The number of nitrogens with one attached hydrogen (secondary N) is 1. The maximum atomic E-state index is 12.2. The molecule has 1 aliphatic heterocycles. The fourth-order valence-electron chi connectivity index (χ4n) is 2.72. The number of guanidine groups is 1. The highest BCUT2D eigenvalue weighted by Crippen LogP contribution is 2.10. The molecule has 1 rings (SSSR count). The van der Waals surface area contributed by atoms with Crippen molar-refractivity contribution in [3.8, 4) is 0 Å². The van der Waals surface area contributed by atoms with Gasteiger partial charge in [-0.15, -0.1) is 24.0 Å². The first-order chi connectivity index (χ1) is 11.4. The van der Waals surface area contributed by atoms with Crippen LogP contribution in [0.3, 0.4) is 0 Å². The fraction of sp³-hybridized carbons (Fsp3) is 0.824. The molecule has 0 aromatic rings. The van der Waals surface area contributed by atoms with Crippen LogP contribution in [0.4, 0.5) is 0 Å². The van der Waals surface area contributed by atoms with Gasteiger partial charge >= 0.3 is 0 Å². The van der Waals surface area contributed by atoms with Gasteiger partial charge in [-0.05, 0) is 18.8 Å². The van der Waals surface area contributed by atoms with E-state index in [0.717, 1.165) is 25.8 Å². The third kappa shape index (κ3) is 9.86. The van der Waals surface area contributed by atoms with Gasteiger partial charge in [0.15, 0.2) is 5.96 Å². The highest BCUT2D eigenvalue weighted by Gasteiger charge is 2.23. The van der Waals surface area contributed by atoms with Crippen LogP contribution in [0.15, 0.2) is 4.99 Å². The largest absolute Gasteiger partial charge is 0.370 e. The number of hydrogen-bond donors (Lipinski definition) is 2. The van der Waals surface area contributed by atoms with Crippen LogP contribution < -0.4 is 11.1 Å². The molecule has 0 aromatic carbocycles. The lowest BCUT2D eigenvalue weighted by Crippen LogP contribution is -2.50. The van der Waals surface area contributed by atoms with E-state index in [0.29, 0.717) is 50.9 Å². The molecule has 1 heterocycles. The average Bonchev–Trinajstić information content (AvgIpc) is 2.56. The van der Waals surface area contributed by atoms with Gasteiger partial charge < -0.3 is 20.9 Å². The third-order valence-electron chi connectivity index (χ3n) is 4.18. The zero-order valence-electron chi connectivity index (χ0n) is 15.8. The van der Waals surface area contributed by atoms with Crippen LogP contribution in [0, 0.1) is 5.92 Å². The summed E-state index contributed by atoms with van der Waals surface area (Å²) < 4.78 is 0. The second-order valence-electron chi connectivity index (χ2n) is 6.71. The standard InChI is InChI=1S/C17H33N5O2.HI/c1-14(2)13-16(24)22-11-9-21(10-12-22)15(23)7-5-4-6-8-20-17(18)19-3;/h14H,4-13H2,1-3H3,(H3,18,19,20);1H. The van der Waals surface area contributed by atoms with E-state index in [4.69, 9.17) is 5.73 Å². The predicted molar refractivity (Wildman–Crippen MR) is 112 cm³/mol. The number of aliphatic imine (C=N–C) groups is 1. The summed E-state index contributed by atoms with van der Waals surface area (Å²) in [5.41, 5.74) is 5.54. The van der Waals surface area contributed by atoms with Crippen molar-refractivity contribution in [1.29, 1.82) is 0 Å². The van der Waals surface area contributed by atoms with Crippen LogP contribution in [0.5, 0.6) is 0 Å². The third-order valence-corrected chi connectivity index (χ3v) is 4.18. The van der Waals surface area contributed by atoms with E-state index in [1.54, 1.807) is 7.05 Å². The summed E-state index contributed by atoms with van der Waals surface area (Å²) in [6.45, 7) is 7.54. The predicted octanol–water partition coefficient (Wildman–Crippen LogP) is 1.42. The maximum absolute atomic E-state index is 12.2. The van der Waals surface area contributed by atoms with E-state index in [9.17, 15) is 9.59 Å². The monoisotopic (exact) mass is 467 g/mol. The van der Waals surface area contributed by atoms with Crippen molar-refractivity contribution >= 4 is 41.8 Å². The molecule has 0 atom stereocenters. The summed E-state index contributed by atoms with van der Waals surface area (Å²) in [4.78, 5) is 31.8. The molecule has 25 heavy (non-hydrogen) atoms. The van der Waals surface area contributed by atoms with E-state index >= 15 is 0 Å². The normalized spacial score (nSPS) is 15.1. The molecule has 0 bridgehead atoms. The zero-order valence-corrected chi connectivity index (χ0v) is 18.1. The van der Waals surface area contributed by atoms with E-state index in [1.165, 1.54) is 0 Å². The first-order valence-corrected chi connectivity index (χ1v) is 8.95. The van der Waals surface area contributed by atoms with Crippen LogP contribution in [-0.4, -0.2) is 67.3 Å². The summed E-state index contributed by atoms with van der Waals surface area (Å²) in [5.74, 6) is 1.25. The van der Waals surface area contributed by atoms with Gasteiger partial charge in [-0.25, -0.2) is 0 Å². The van der Waals surface area contributed by atoms with Gasteiger partial charge in [0.1, 0.15) is 0 Å². The number of carbonyl (C=O) groups is 2. The molecule has 0 spiro atoms. The highest BCUT2D eigenvalue weighted by atomic mass is 127. The molecular weight excluding hydrogens is 433 g/mol. The Bertz CT molecular complexity index is 435. The average molecular weight is 467 g/mol. The number of nitrogens with zero attached hydrogens (tertiary/aromatic N) is 3. The van der Waals surface area contributed by atoms with Crippen molar-refractivity contribution in [2.45, 2.75) is 46.0 Å². The molecule has 0 saturated carbocycles. The SMILES string of the molecule is CN=C(N)NCCCCCC(=O)N1CCN(C(=O)CC(C)C)CC1.I. The van der Waals surface area contributed by atoms with E-state index in [-0.39, 0.29) is 35.8 Å². The number of hydrogen-bond acceptors (Lipinski definition) is 3. The number of amides is 2. The van der Waals surface area contributed by atoms with Gasteiger partial charge in [-0.1, -0.05) is 20.3 Å². The lowest BCUT2D eigenvalue weighted by Gasteiger charge is -2.35. The quantitative estimate of drug-likeness (QED) is 0.245. The minimum atomic E-state index is 0. The molecular formula is C17H34IN5O2. The van der Waals surface area contributed by atoms with Crippen molar-refractivity contribution in [3.05, 3.63) is 0 Å². The fourth-order valence-corrected chi connectivity index (χ4v) is 2.72. The summed E-state index contributed by atoms with van der Waals surface area (Å²) in [7, 11) is 1.65. The number of rotatable bonds is 8. The van der Waals surface area contributed by atoms with Crippen molar-refractivity contribution in [1.82, 2.24) is 15.1 Å². The molecule has 8 heteroatoms. The van der Waals surface area contributed by atoms with Crippen molar-refractivity contribution < 1.29 is 9.59 Å². The molecule has 1 saturated heterocycles. The number of piperazine rings is 1. The highest BCUT2D eigenvalue weighted by molar-refractivity contribution is 14.0. The Morgan fingerprint density at radius 3 is 2.12 bits per heavy atom. The van der Waals surface area contributed by atoms with Crippen LogP contribution in [0.1, 0.15) is 46.0 Å². The lowest BCUT2D eigenvalue weighted by molar-refractivity contribution is -0.140. The van der Waals surface area contributed by atoms with Gasteiger partial charge in [-0.2, -0.15) is 0 Å². The van der Waals surface area contributed by atoms with Gasteiger partial charge in [0.2, 0.25) is 11.8 Å². The molecule has 0 aliphatic carbocycles. The Morgan fingerprint density at radius 2 is 1.60 bits per heavy atom. The second-order valence-corrected chi connectivity index (χ2v) is 6.71. The minimum absolute atomic E-state index is 0. The Kier molecular flexibility index (Phi) is 12.6. The molecule has 3 N–H and O–H groups in total. The molecule has 2 amide bonds. The Morgan fingerprint density at radius 1 is 1.04 bits per heavy atom. The number of carbonyl (C=O) groups excluding carboxylic acids is 2. The van der Waals surface area contributed by atoms with E-state index < -0.39 is 0 Å². The lowest BCUT2D eigenvalue weighted by atomic mass is 10.1. The molecule has 0 radical (unpaired) electrons. The number of nitrogens with two attached hydrogens (primary N) is 1. The van der Waals surface area contributed by atoms with Crippen molar-refractivity contribution in [2.24, 2.45) is 16.6 Å². The summed E-state index contributed by atoms with van der Waals surface area (Å²) >= 11 is 0. The van der Waals surface area contributed by atoms with Crippen LogP contribution in [0.25, 0.3) is 0 Å². The Labute approximate surface area is 168 Å². The minimum Gasteiger partial charge on any atom is -0.370 e. The van der Waals surface area contributed by atoms with Crippen molar-refractivity contribution in [3.63, 3.8) is 0 Å². The summed E-state index contributed by atoms with van der Waals surface area (Å²) in [6, 6.07) is 0. The summed E-state index contributed by atoms with van der Waals surface area (Å²) in [5, 5.41) is 3.01. The Balaban J connectivity index is 0.00000576. The molecule has 0 aromatic heterocycles. The second kappa shape index (κ2) is 13.2. The maximum Gasteiger partial charge on any atom is 0.222 e. The van der Waals surface area contributed by atoms with Crippen molar-refractivity contribution in [2.75, 3.05) is 39.8 Å². The zero-order chi connectivity index (χ0) is 17.9. The van der Waals surface area contributed by atoms with E-state index in [1.807, 2.05) is 9.80 Å². The smallest absolute Gasteiger partial charge is 0.222 e. The van der Waals surface area contributed by atoms with Gasteiger partial charge in [0.25, 0.3) is 0 Å². The van der Waals surface area contributed by atoms with Crippen LogP contribution in [-0.2, 0) is 9.59 Å². The van der Waals surface area contributed by atoms with E-state index in [2.05, 4.69) is 24.2 Å². The molecule has 1 fully saturated rings. The molecule has 1 aliphatic rings. The van der Waals surface area contributed by atoms with Crippen LogP contribution in [0.2, 0.25) is 0 Å². The Hall–Kier alpha value is -1.06.